The number of hydrogen-bond donors (Lipinski definition) is 0. The van der Waals surface area contributed by atoms with E-state index in [4.69, 9.17) is 6.42 Å². The van der Waals surface area contributed by atoms with Crippen molar-refractivity contribution in [2.75, 3.05) is 0 Å². The average Bonchev–Trinajstić information content (AvgIpc) is 2.05. The van der Waals surface area contributed by atoms with Gasteiger partial charge >= 0.3 is 0 Å². The monoisotopic (exact) mass is 152 g/mol. The quantitative estimate of drug-likeness (QED) is 0.557. The molecule has 1 rings (SSSR count). The van der Waals surface area contributed by atoms with Gasteiger partial charge in [-0.2, -0.15) is 3.89 Å². The van der Waals surface area contributed by atoms with E-state index in [1.807, 2.05) is 0 Å². The Balaban J connectivity index is 3.01. The first-order valence-corrected chi connectivity index (χ1v) is 3.44. The average molecular weight is 152 g/mol. The lowest BCUT2D eigenvalue weighted by molar-refractivity contribution is 0.934. The molecule has 0 bridgehead atoms. The van der Waals surface area contributed by atoms with Crippen LogP contribution >= 0.6 is 12.1 Å². The summed E-state index contributed by atoms with van der Waals surface area (Å²) in [7, 11) is 0. The van der Waals surface area contributed by atoms with E-state index in [1.165, 1.54) is 0 Å². The predicted octanol–water partition coefficient (Wildman–Crippen LogP) is 2.64. The van der Waals surface area contributed by atoms with Gasteiger partial charge in [0.15, 0.2) is 0 Å². The topological polar surface area (TPSA) is 0 Å². The van der Waals surface area contributed by atoms with Crippen LogP contribution in [0.15, 0.2) is 29.2 Å². The second-order valence-electron chi connectivity index (χ2n) is 1.75. The lowest BCUT2D eigenvalue weighted by Crippen LogP contribution is -1.72. The molecule has 0 fully saturated rings. The Morgan fingerprint density at radius 1 is 1.50 bits per heavy atom. The Morgan fingerprint density at radius 3 is 2.90 bits per heavy atom. The van der Waals surface area contributed by atoms with E-state index in [9.17, 15) is 3.89 Å². The first-order valence-electron chi connectivity index (χ1n) is 2.72. The van der Waals surface area contributed by atoms with Gasteiger partial charge in [0, 0.05) is 10.5 Å². The third-order valence-corrected chi connectivity index (χ3v) is 1.52. The van der Waals surface area contributed by atoms with Gasteiger partial charge in [-0.05, 0) is 18.2 Å². The molecular weight excluding hydrogens is 147 g/mol. The molecule has 1 aromatic rings. The number of hydrogen-bond acceptors (Lipinski definition) is 1. The van der Waals surface area contributed by atoms with Gasteiger partial charge in [0.2, 0.25) is 0 Å². The van der Waals surface area contributed by atoms with Crippen molar-refractivity contribution in [1.82, 2.24) is 0 Å². The molecule has 0 aliphatic heterocycles. The number of halogens is 1. The molecule has 0 heterocycles. The summed E-state index contributed by atoms with van der Waals surface area (Å²) in [5.74, 6) is 2.42. The molecule has 0 aliphatic carbocycles. The summed E-state index contributed by atoms with van der Waals surface area (Å²) >= 11 is 0.203. The maximum Gasteiger partial charge on any atom is 0.0812 e. The highest BCUT2D eigenvalue weighted by molar-refractivity contribution is 7.94. The smallest absolute Gasteiger partial charge is 0.0812 e. The fraction of sp³-hybridized carbons (Fsp3) is 0. The van der Waals surface area contributed by atoms with Gasteiger partial charge < -0.3 is 0 Å². The van der Waals surface area contributed by atoms with Crippen molar-refractivity contribution >= 4 is 12.1 Å². The molecule has 10 heavy (non-hydrogen) atoms. The van der Waals surface area contributed by atoms with E-state index < -0.39 is 0 Å². The molecule has 1 aromatic carbocycles. The molecule has 0 N–H and O–H groups in total. The zero-order chi connectivity index (χ0) is 7.40. The van der Waals surface area contributed by atoms with Crippen molar-refractivity contribution in [3.05, 3.63) is 29.8 Å². The fourth-order valence-electron chi connectivity index (χ4n) is 0.634. The van der Waals surface area contributed by atoms with E-state index in [0.717, 1.165) is 0 Å². The highest BCUT2D eigenvalue weighted by Crippen LogP contribution is 2.18. The van der Waals surface area contributed by atoms with Crippen LogP contribution in [-0.4, -0.2) is 0 Å². The maximum absolute atomic E-state index is 11.9. The van der Waals surface area contributed by atoms with E-state index in [0.29, 0.717) is 10.5 Å². The van der Waals surface area contributed by atoms with E-state index in [-0.39, 0.29) is 12.1 Å². The first-order chi connectivity index (χ1) is 4.86. The highest BCUT2D eigenvalue weighted by atomic mass is 32.2. The minimum absolute atomic E-state index is 0.203. The van der Waals surface area contributed by atoms with Gasteiger partial charge in [-0.1, -0.05) is 12.0 Å². The Hall–Kier alpha value is -0.940. The van der Waals surface area contributed by atoms with Crippen LogP contribution in [0.1, 0.15) is 5.56 Å². The maximum atomic E-state index is 11.9. The summed E-state index contributed by atoms with van der Waals surface area (Å²) in [6.45, 7) is 0. The fourth-order valence-corrected chi connectivity index (χ4v) is 0.935. The van der Waals surface area contributed by atoms with Gasteiger partial charge in [0.25, 0.3) is 0 Å². The van der Waals surface area contributed by atoms with Crippen LogP contribution in [-0.2, 0) is 0 Å². The zero-order valence-corrected chi connectivity index (χ0v) is 5.99. The lowest BCUT2D eigenvalue weighted by Gasteiger charge is -1.91. The SMILES string of the molecule is C#Cc1cccc(SF)c1. The van der Waals surface area contributed by atoms with Gasteiger partial charge in [-0.3, -0.25) is 0 Å². The summed E-state index contributed by atoms with van der Waals surface area (Å²) in [6, 6.07) is 6.80. The molecule has 0 saturated carbocycles. The van der Waals surface area contributed by atoms with E-state index >= 15 is 0 Å². The first kappa shape index (κ1) is 7.17. The van der Waals surface area contributed by atoms with E-state index in [1.54, 1.807) is 24.3 Å². The molecule has 0 saturated heterocycles. The third kappa shape index (κ3) is 1.52. The third-order valence-electron chi connectivity index (χ3n) is 1.09. The van der Waals surface area contributed by atoms with Gasteiger partial charge in [-0.15, -0.1) is 6.42 Å². The van der Waals surface area contributed by atoms with E-state index in [2.05, 4.69) is 5.92 Å². The predicted molar refractivity (Wildman–Crippen MR) is 41.3 cm³/mol. The van der Waals surface area contributed by atoms with Crippen LogP contribution < -0.4 is 0 Å². The molecule has 0 spiro atoms. The lowest BCUT2D eigenvalue weighted by atomic mass is 10.2. The van der Waals surface area contributed by atoms with Crippen LogP contribution in [0, 0.1) is 12.3 Å². The molecule has 0 aromatic heterocycles. The molecule has 0 unspecified atom stereocenters. The van der Waals surface area contributed by atoms with Crippen LogP contribution in [0.4, 0.5) is 3.89 Å². The second kappa shape index (κ2) is 3.28. The van der Waals surface area contributed by atoms with Crippen molar-refractivity contribution in [3.8, 4) is 12.3 Å². The number of benzene rings is 1. The zero-order valence-electron chi connectivity index (χ0n) is 5.17. The standard InChI is InChI=1S/C8H5FS/c1-2-7-4-3-5-8(6-7)10-9/h1,3-6H. The van der Waals surface area contributed by atoms with Gasteiger partial charge in [-0.25, -0.2) is 0 Å². The minimum Gasteiger partial charge on any atom is -0.160 e. The Labute approximate surface area is 63.7 Å². The van der Waals surface area contributed by atoms with Crippen molar-refractivity contribution in [2.24, 2.45) is 0 Å². The summed E-state index contributed by atoms with van der Waals surface area (Å²) in [6.07, 6.45) is 5.09. The Bertz CT molecular complexity index is 262. The van der Waals surface area contributed by atoms with Crippen molar-refractivity contribution in [2.45, 2.75) is 4.90 Å². The number of rotatable bonds is 1. The van der Waals surface area contributed by atoms with Crippen molar-refractivity contribution in [1.29, 1.82) is 0 Å². The minimum atomic E-state index is 0.203. The van der Waals surface area contributed by atoms with Crippen molar-refractivity contribution < 1.29 is 3.89 Å². The van der Waals surface area contributed by atoms with Gasteiger partial charge in [0.05, 0.1) is 12.1 Å². The van der Waals surface area contributed by atoms with Crippen LogP contribution in [0.5, 0.6) is 0 Å². The van der Waals surface area contributed by atoms with Crippen LogP contribution in [0.2, 0.25) is 0 Å². The Kier molecular flexibility index (Phi) is 2.35. The Morgan fingerprint density at radius 2 is 2.30 bits per heavy atom. The summed E-state index contributed by atoms with van der Waals surface area (Å²) < 4.78 is 11.9. The van der Waals surface area contributed by atoms with Gasteiger partial charge in [0.1, 0.15) is 0 Å². The molecular formula is C8H5FS. The summed E-state index contributed by atoms with van der Waals surface area (Å²) in [5.41, 5.74) is 0.711. The number of terminal acetylenes is 1. The van der Waals surface area contributed by atoms with Crippen LogP contribution in [0.25, 0.3) is 0 Å². The largest absolute Gasteiger partial charge is 0.160 e. The molecule has 0 radical (unpaired) electrons. The molecule has 0 amide bonds. The van der Waals surface area contributed by atoms with Crippen molar-refractivity contribution in [3.63, 3.8) is 0 Å². The second-order valence-corrected chi connectivity index (χ2v) is 2.38. The molecule has 0 nitrogen and oxygen atoms in total. The summed E-state index contributed by atoms with van der Waals surface area (Å²) in [4.78, 5) is 0.551. The molecule has 0 aliphatic rings. The highest BCUT2D eigenvalue weighted by Gasteiger charge is 1.91. The molecule has 50 valence electrons. The molecule has 0 atom stereocenters. The summed E-state index contributed by atoms with van der Waals surface area (Å²) in [5, 5.41) is 0. The normalized spacial score (nSPS) is 8.80. The van der Waals surface area contributed by atoms with Crippen LogP contribution in [0.3, 0.4) is 0 Å². The molecule has 2 heteroatoms.